The lowest BCUT2D eigenvalue weighted by Gasteiger charge is -2.29. The van der Waals surface area contributed by atoms with Crippen molar-refractivity contribution in [2.45, 2.75) is 19.8 Å². The van der Waals surface area contributed by atoms with Crippen LogP contribution in [0.2, 0.25) is 0 Å². The highest BCUT2D eigenvalue weighted by atomic mass is 35.5. The fourth-order valence-electron chi connectivity index (χ4n) is 3.09. The fourth-order valence-corrected chi connectivity index (χ4v) is 3.09. The highest BCUT2D eigenvalue weighted by Crippen LogP contribution is 2.19. The molecule has 2 N–H and O–H groups in total. The van der Waals surface area contributed by atoms with Crippen molar-refractivity contribution < 1.29 is 19.1 Å². The van der Waals surface area contributed by atoms with Gasteiger partial charge >= 0.3 is 5.97 Å². The zero-order valence-corrected chi connectivity index (χ0v) is 15.7. The van der Waals surface area contributed by atoms with Crippen LogP contribution in [0.25, 0.3) is 5.69 Å². The molecule has 0 saturated carbocycles. The van der Waals surface area contributed by atoms with E-state index in [0.717, 1.165) is 5.69 Å². The van der Waals surface area contributed by atoms with Crippen LogP contribution in [0.3, 0.4) is 0 Å². The maximum Gasteiger partial charge on any atom is 0.306 e. The van der Waals surface area contributed by atoms with Crippen molar-refractivity contribution in [2.75, 3.05) is 25.0 Å². The first-order valence-corrected chi connectivity index (χ1v) is 8.50. The molecular weight excluding hydrogens is 375 g/mol. The number of hydrogen-bond acceptors (Lipinski definition) is 4. The van der Waals surface area contributed by atoms with E-state index in [2.05, 4.69) is 10.4 Å². The van der Waals surface area contributed by atoms with Crippen LogP contribution in [-0.2, 0) is 9.59 Å². The Morgan fingerprint density at radius 2 is 1.89 bits per heavy atom. The summed E-state index contributed by atoms with van der Waals surface area (Å²) >= 11 is 0. The van der Waals surface area contributed by atoms with Crippen LogP contribution >= 0.6 is 12.4 Å². The van der Waals surface area contributed by atoms with Gasteiger partial charge in [-0.2, -0.15) is 5.10 Å². The minimum Gasteiger partial charge on any atom is -0.481 e. The zero-order valence-electron chi connectivity index (χ0n) is 14.9. The van der Waals surface area contributed by atoms with Crippen molar-refractivity contribution in [3.63, 3.8) is 0 Å². The zero-order chi connectivity index (χ0) is 18.7. The molecule has 2 heterocycles. The Bertz CT molecular complexity index is 801. The molecule has 3 rings (SSSR count). The van der Waals surface area contributed by atoms with Crippen LogP contribution in [0.1, 0.15) is 18.5 Å². The second-order valence-electron chi connectivity index (χ2n) is 6.50. The molecule has 146 valence electrons. The lowest BCUT2D eigenvalue weighted by molar-refractivity contribution is -0.143. The van der Waals surface area contributed by atoms with Crippen LogP contribution < -0.4 is 5.32 Å². The SMILES string of the molecule is Cc1cc(NC(=O)CN2CCC(C(=O)O)CC2)n(-c2ccc(F)cc2)n1.Cl. The van der Waals surface area contributed by atoms with Crippen LogP contribution in [-0.4, -0.2) is 51.3 Å². The van der Waals surface area contributed by atoms with E-state index in [0.29, 0.717) is 37.4 Å². The molecule has 0 radical (unpaired) electrons. The summed E-state index contributed by atoms with van der Waals surface area (Å²) in [4.78, 5) is 25.3. The van der Waals surface area contributed by atoms with Crippen molar-refractivity contribution in [2.24, 2.45) is 5.92 Å². The normalized spacial score (nSPS) is 15.2. The number of carboxylic acid groups (broad SMARTS) is 1. The van der Waals surface area contributed by atoms with Gasteiger partial charge in [-0.25, -0.2) is 9.07 Å². The summed E-state index contributed by atoms with van der Waals surface area (Å²) in [5.41, 5.74) is 1.38. The third kappa shape index (κ3) is 5.27. The highest BCUT2D eigenvalue weighted by Gasteiger charge is 2.25. The number of likely N-dealkylation sites (tertiary alicyclic amines) is 1. The van der Waals surface area contributed by atoms with Crippen molar-refractivity contribution in [1.29, 1.82) is 0 Å². The molecule has 1 aromatic heterocycles. The van der Waals surface area contributed by atoms with Gasteiger partial charge in [0.2, 0.25) is 5.91 Å². The number of amides is 1. The fraction of sp³-hybridized carbons (Fsp3) is 0.389. The van der Waals surface area contributed by atoms with E-state index >= 15 is 0 Å². The summed E-state index contributed by atoms with van der Waals surface area (Å²) in [7, 11) is 0. The minimum absolute atomic E-state index is 0. The number of halogens is 2. The lowest BCUT2D eigenvalue weighted by atomic mass is 9.97. The second kappa shape index (κ2) is 8.96. The van der Waals surface area contributed by atoms with Gasteiger partial charge in [0.05, 0.1) is 23.8 Å². The third-order valence-corrected chi connectivity index (χ3v) is 4.47. The predicted molar refractivity (Wildman–Crippen MR) is 101 cm³/mol. The van der Waals surface area contributed by atoms with Crippen molar-refractivity contribution in [1.82, 2.24) is 14.7 Å². The van der Waals surface area contributed by atoms with Gasteiger partial charge in [-0.15, -0.1) is 12.4 Å². The van der Waals surface area contributed by atoms with Gasteiger partial charge < -0.3 is 10.4 Å². The molecule has 27 heavy (non-hydrogen) atoms. The van der Waals surface area contributed by atoms with Gasteiger partial charge in [-0.05, 0) is 57.1 Å². The number of carboxylic acids is 1. The van der Waals surface area contributed by atoms with E-state index in [1.54, 1.807) is 22.9 Å². The van der Waals surface area contributed by atoms with Crippen LogP contribution in [0, 0.1) is 18.7 Å². The number of carbonyl (C=O) groups is 2. The predicted octanol–water partition coefficient (Wildman–Crippen LogP) is 2.48. The van der Waals surface area contributed by atoms with Gasteiger partial charge in [0, 0.05) is 6.07 Å². The average Bonchev–Trinajstić information content (AvgIpc) is 2.96. The number of benzene rings is 1. The number of rotatable bonds is 5. The number of carbonyl (C=O) groups excluding carboxylic acids is 1. The summed E-state index contributed by atoms with van der Waals surface area (Å²) in [6.45, 7) is 3.17. The number of hydrogen-bond donors (Lipinski definition) is 2. The molecule has 0 aliphatic carbocycles. The molecule has 1 aliphatic heterocycles. The molecular formula is C18H22ClFN4O3. The summed E-state index contributed by atoms with van der Waals surface area (Å²) in [6.07, 6.45) is 1.10. The maximum atomic E-state index is 13.1. The van der Waals surface area contributed by atoms with Gasteiger partial charge in [0.1, 0.15) is 11.6 Å². The quantitative estimate of drug-likeness (QED) is 0.810. The molecule has 0 atom stereocenters. The molecule has 1 amide bonds. The van der Waals surface area contributed by atoms with E-state index in [-0.39, 0.29) is 36.6 Å². The number of nitrogens with zero attached hydrogens (tertiary/aromatic N) is 3. The van der Waals surface area contributed by atoms with Gasteiger partial charge in [-0.1, -0.05) is 0 Å². The molecule has 7 nitrogen and oxygen atoms in total. The van der Waals surface area contributed by atoms with E-state index < -0.39 is 5.97 Å². The summed E-state index contributed by atoms with van der Waals surface area (Å²) in [5.74, 6) is -1.11. The Kier molecular flexibility index (Phi) is 6.92. The number of piperidine rings is 1. The minimum atomic E-state index is -0.771. The van der Waals surface area contributed by atoms with E-state index in [9.17, 15) is 14.0 Å². The second-order valence-corrected chi connectivity index (χ2v) is 6.50. The molecule has 1 aliphatic rings. The third-order valence-electron chi connectivity index (χ3n) is 4.47. The first-order valence-electron chi connectivity index (χ1n) is 8.50. The summed E-state index contributed by atoms with van der Waals surface area (Å²) in [6, 6.07) is 7.61. The molecule has 0 spiro atoms. The number of aromatic nitrogens is 2. The number of nitrogens with one attached hydrogen (secondary N) is 1. The molecule has 9 heteroatoms. The number of anilines is 1. The van der Waals surface area contributed by atoms with Crippen LogP contribution in [0.15, 0.2) is 30.3 Å². The van der Waals surface area contributed by atoms with Crippen LogP contribution in [0.5, 0.6) is 0 Å². The van der Waals surface area contributed by atoms with Crippen molar-refractivity contribution in [3.05, 3.63) is 41.8 Å². The molecule has 1 saturated heterocycles. The molecule has 1 fully saturated rings. The lowest BCUT2D eigenvalue weighted by Crippen LogP contribution is -2.40. The first kappa shape index (κ1) is 20.9. The largest absolute Gasteiger partial charge is 0.481 e. The van der Waals surface area contributed by atoms with Gasteiger partial charge in [0.15, 0.2) is 0 Å². The molecule has 2 aromatic rings. The van der Waals surface area contributed by atoms with Gasteiger partial charge in [0.25, 0.3) is 0 Å². The first-order chi connectivity index (χ1) is 12.4. The Morgan fingerprint density at radius 1 is 1.26 bits per heavy atom. The molecule has 1 aromatic carbocycles. The Balaban J connectivity index is 0.00000261. The molecule has 0 unspecified atom stereocenters. The Hall–Kier alpha value is -2.45. The monoisotopic (exact) mass is 396 g/mol. The summed E-state index contributed by atoms with van der Waals surface area (Å²) in [5, 5.41) is 16.2. The van der Waals surface area contributed by atoms with E-state index in [4.69, 9.17) is 5.11 Å². The smallest absolute Gasteiger partial charge is 0.306 e. The van der Waals surface area contributed by atoms with Gasteiger partial charge in [-0.3, -0.25) is 14.5 Å². The van der Waals surface area contributed by atoms with Crippen molar-refractivity contribution in [3.8, 4) is 5.69 Å². The number of aryl methyl sites for hydroxylation is 1. The Labute approximate surface area is 162 Å². The average molecular weight is 397 g/mol. The van der Waals surface area contributed by atoms with Crippen LogP contribution in [0.4, 0.5) is 10.2 Å². The Morgan fingerprint density at radius 3 is 2.48 bits per heavy atom. The highest BCUT2D eigenvalue weighted by molar-refractivity contribution is 5.91. The van der Waals surface area contributed by atoms with E-state index in [1.807, 2.05) is 11.8 Å². The topological polar surface area (TPSA) is 87.5 Å². The van der Waals surface area contributed by atoms with E-state index in [1.165, 1.54) is 12.1 Å². The summed E-state index contributed by atoms with van der Waals surface area (Å²) < 4.78 is 14.7. The maximum absolute atomic E-state index is 13.1. The van der Waals surface area contributed by atoms with Crippen molar-refractivity contribution >= 4 is 30.1 Å². The molecule has 0 bridgehead atoms. The number of aliphatic carboxylic acids is 1. The standard InChI is InChI=1S/C18H21FN4O3.ClH/c1-12-10-16(23(21-12)15-4-2-14(19)3-5-15)20-17(24)11-22-8-6-13(7-9-22)18(25)26;/h2-5,10,13H,6-9,11H2,1H3,(H,20,24)(H,25,26);1H.